The molecule has 12 aromatic rings. The maximum absolute atomic E-state index is 5.69. The summed E-state index contributed by atoms with van der Waals surface area (Å²) in [6.07, 6.45) is 8.67. The van der Waals surface area contributed by atoms with Gasteiger partial charge in [0.1, 0.15) is 12.0 Å². The van der Waals surface area contributed by atoms with E-state index in [1.807, 2.05) is 18.2 Å². The van der Waals surface area contributed by atoms with E-state index in [4.69, 9.17) is 15.0 Å². The number of hydrogen-bond acceptors (Lipinski definition) is 4. The van der Waals surface area contributed by atoms with Crippen LogP contribution in [0.4, 0.5) is 0 Å². The molecule has 330 valence electrons. The van der Waals surface area contributed by atoms with Gasteiger partial charge < -0.3 is 14.5 Å². The molecule has 0 bridgehead atoms. The molecule has 0 radical (unpaired) electrons. The Morgan fingerprint density at radius 2 is 1.07 bits per heavy atom. The fraction of sp³-hybridized carbons (Fsp3) is 0.0469. The van der Waals surface area contributed by atoms with Crippen molar-refractivity contribution >= 4 is 82.7 Å². The van der Waals surface area contributed by atoms with Gasteiger partial charge in [0.25, 0.3) is 0 Å². The second-order valence-electron chi connectivity index (χ2n) is 18.2. The fourth-order valence-corrected chi connectivity index (χ4v) is 11.0. The Kier molecular flexibility index (Phi) is 9.30. The van der Waals surface area contributed by atoms with Crippen molar-refractivity contribution in [2.24, 2.45) is 9.98 Å². The van der Waals surface area contributed by atoms with Gasteiger partial charge in [0.15, 0.2) is 5.84 Å². The molecule has 6 heteroatoms. The Labute approximate surface area is 404 Å². The van der Waals surface area contributed by atoms with Crippen LogP contribution in [-0.2, 0) is 0 Å². The number of fused-ring (bicyclic) bond motifs is 10. The number of rotatable bonds is 7. The van der Waals surface area contributed by atoms with Crippen molar-refractivity contribution in [3.8, 4) is 28.1 Å². The Bertz CT molecular complexity index is 4120. The highest BCUT2D eigenvalue weighted by Crippen LogP contribution is 2.44. The van der Waals surface area contributed by atoms with E-state index in [-0.39, 0.29) is 6.17 Å². The van der Waals surface area contributed by atoms with Gasteiger partial charge in [0.2, 0.25) is 0 Å². The molecule has 0 saturated heterocycles. The summed E-state index contributed by atoms with van der Waals surface area (Å²) in [5, 5.41) is 12.1. The van der Waals surface area contributed by atoms with Gasteiger partial charge in [-0.2, -0.15) is 0 Å². The number of nitrogens with zero attached hydrogens (tertiary/aromatic N) is 5. The molecule has 70 heavy (non-hydrogen) atoms. The minimum atomic E-state index is -0.349. The number of pyridine rings is 1. The number of hydrogen-bond donors (Lipinski definition) is 1. The van der Waals surface area contributed by atoms with Crippen LogP contribution in [0.5, 0.6) is 0 Å². The summed E-state index contributed by atoms with van der Waals surface area (Å²) in [6.45, 7) is 0. The highest BCUT2D eigenvalue weighted by atomic mass is 15.2. The van der Waals surface area contributed by atoms with E-state index in [2.05, 4.69) is 227 Å². The Morgan fingerprint density at radius 3 is 1.77 bits per heavy atom. The quantitative estimate of drug-likeness (QED) is 0.162. The smallest absolute Gasteiger partial charge is 0.159 e. The molecule has 14 rings (SSSR count). The standard InChI is InChI=1S/C64H44N6/c1-4-17-42(18-5-1)60-59-51(39-40-57-58(59)53-25-12-15-30-56(53)70(57)46-21-8-3-9-22-46)52-27-16-26-48(61(52)65-60)41-31-33-44(34-32-41)63-66-62(43-19-6-2-7-20-43)67-64(68-63)45-35-37-47(38-36-45)69-54-28-13-10-23-49(54)50-24-11-14-29-55(50)69/h1-2,4-8,10-40,64H,3,9H2,(H,66,67,68). The zero-order chi connectivity index (χ0) is 46.1. The van der Waals surface area contributed by atoms with Crippen molar-refractivity contribution in [3.63, 3.8) is 0 Å². The summed E-state index contributed by atoms with van der Waals surface area (Å²) in [6, 6.07) is 75.7. The average molecular weight is 897 g/mol. The van der Waals surface area contributed by atoms with Gasteiger partial charge in [0, 0.05) is 66.0 Å². The molecule has 3 aromatic heterocycles. The monoisotopic (exact) mass is 896 g/mol. The number of amidine groups is 2. The van der Waals surface area contributed by atoms with Crippen molar-refractivity contribution in [1.29, 1.82) is 0 Å². The van der Waals surface area contributed by atoms with Crippen molar-refractivity contribution in [3.05, 3.63) is 247 Å². The lowest BCUT2D eigenvalue weighted by atomic mass is 9.93. The van der Waals surface area contributed by atoms with Crippen LogP contribution in [0.2, 0.25) is 0 Å². The molecule has 4 heterocycles. The van der Waals surface area contributed by atoms with E-state index in [9.17, 15) is 0 Å². The Morgan fingerprint density at radius 1 is 0.443 bits per heavy atom. The minimum absolute atomic E-state index is 0.349. The van der Waals surface area contributed by atoms with Gasteiger partial charge in [-0.1, -0.05) is 188 Å². The maximum Gasteiger partial charge on any atom is 0.159 e. The summed E-state index contributed by atoms with van der Waals surface area (Å²) in [7, 11) is 0. The first kappa shape index (κ1) is 40.0. The van der Waals surface area contributed by atoms with E-state index in [0.717, 1.165) is 74.3 Å². The zero-order valence-electron chi connectivity index (χ0n) is 38.2. The molecule has 1 atom stereocenters. The third kappa shape index (κ3) is 6.45. The predicted octanol–water partition coefficient (Wildman–Crippen LogP) is 15.6. The van der Waals surface area contributed by atoms with Gasteiger partial charge in [-0.15, -0.1) is 0 Å². The molecule has 6 nitrogen and oxygen atoms in total. The first-order valence-electron chi connectivity index (χ1n) is 24.1. The SMILES string of the molecule is C1=CC(n2c3ccccc3c3c4c(-c5ccccc5)nc5c(-c6ccc(C7=NC(c8ccc(-n9c%10ccccc%10c%10ccccc%109)cc8)NC(c8ccccc8)=N7)cc6)cccc5c4ccc32)=CCC1. The zero-order valence-corrected chi connectivity index (χ0v) is 38.2. The second-order valence-corrected chi connectivity index (χ2v) is 18.2. The summed E-state index contributed by atoms with van der Waals surface area (Å²) in [5.41, 5.74) is 15.3. The molecule has 0 saturated carbocycles. The third-order valence-corrected chi connectivity index (χ3v) is 14.2. The van der Waals surface area contributed by atoms with Gasteiger partial charge in [-0.3, -0.25) is 0 Å². The molecule has 1 unspecified atom stereocenters. The van der Waals surface area contributed by atoms with E-state index in [1.54, 1.807) is 0 Å². The van der Waals surface area contributed by atoms with E-state index in [1.165, 1.54) is 60.1 Å². The Balaban J connectivity index is 0.878. The van der Waals surface area contributed by atoms with Gasteiger partial charge in [-0.05, 0) is 71.8 Å². The molecule has 1 aliphatic heterocycles. The van der Waals surface area contributed by atoms with Crippen LogP contribution >= 0.6 is 0 Å². The first-order valence-corrected chi connectivity index (χ1v) is 24.1. The number of aromatic nitrogens is 3. The van der Waals surface area contributed by atoms with Crippen LogP contribution in [0.3, 0.4) is 0 Å². The summed E-state index contributed by atoms with van der Waals surface area (Å²) >= 11 is 0. The lowest BCUT2D eigenvalue weighted by molar-refractivity contribution is 0.674. The number of benzene rings is 9. The highest BCUT2D eigenvalue weighted by Gasteiger charge is 2.24. The molecule has 1 N–H and O–H groups in total. The largest absolute Gasteiger partial charge is 0.344 e. The van der Waals surface area contributed by atoms with Gasteiger partial charge in [0.05, 0.1) is 33.3 Å². The molecule has 0 spiro atoms. The van der Waals surface area contributed by atoms with Crippen molar-refractivity contribution in [1.82, 2.24) is 19.4 Å². The van der Waals surface area contributed by atoms with Crippen LogP contribution in [0.1, 0.15) is 35.7 Å². The summed E-state index contributed by atoms with van der Waals surface area (Å²) in [5.74, 6) is 1.46. The predicted molar refractivity (Wildman–Crippen MR) is 292 cm³/mol. The Hall–Kier alpha value is -9.13. The van der Waals surface area contributed by atoms with Crippen LogP contribution in [0, 0.1) is 0 Å². The molecule has 9 aromatic carbocycles. The lowest BCUT2D eigenvalue weighted by Gasteiger charge is -2.24. The average Bonchev–Trinajstić information content (AvgIpc) is 3.96. The topological polar surface area (TPSA) is 59.5 Å². The number of aliphatic imine (C=N–C) groups is 2. The first-order chi connectivity index (χ1) is 34.7. The molecular weight excluding hydrogens is 853 g/mol. The van der Waals surface area contributed by atoms with Gasteiger partial charge in [-0.25, -0.2) is 15.0 Å². The number of nitrogens with one attached hydrogen (secondary N) is 1. The van der Waals surface area contributed by atoms with E-state index < -0.39 is 0 Å². The fourth-order valence-electron chi connectivity index (χ4n) is 11.0. The lowest BCUT2D eigenvalue weighted by Crippen LogP contribution is -2.33. The van der Waals surface area contributed by atoms with Crippen LogP contribution in [0.15, 0.2) is 241 Å². The highest BCUT2D eigenvalue weighted by molar-refractivity contribution is 6.29. The molecule has 1 aliphatic carbocycles. The number of allylic oxidation sites excluding steroid dienone is 4. The molecular formula is C64H44N6. The van der Waals surface area contributed by atoms with E-state index in [0.29, 0.717) is 5.84 Å². The van der Waals surface area contributed by atoms with Gasteiger partial charge >= 0.3 is 0 Å². The minimum Gasteiger partial charge on any atom is -0.344 e. The van der Waals surface area contributed by atoms with Crippen molar-refractivity contribution in [2.45, 2.75) is 19.0 Å². The summed E-state index contributed by atoms with van der Waals surface area (Å²) < 4.78 is 4.78. The van der Waals surface area contributed by atoms with E-state index >= 15 is 0 Å². The third-order valence-electron chi connectivity index (χ3n) is 14.2. The maximum atomic E-state index is 5.69. The molecule has 0 amide bonds. The number of para-hydroxylation sites is 4. The molecule has 0 fully saturated rings. The van der Waals surface area contributed by atoms with Crippen molar-refractivity contribution < 1.29 is 0 Å². The van der Waals surface area contributed by atoms with Crippen LogP contribution in [0.25, 0.3) is 99.1 Å². The van der Waals surface area contributed by atoms with Crippen molar-refractivity contribution in [2.75, 3.05) is 0 Å². The summed E-state index contributed by atoms with van der Waals surface area (Å²) in [4.78, 5) is 16.1. The second kappa shape index (κ2) is 16.3. The molecule has 2 aliphatic rings. The van der Waals surface area contributed by atoms with Crippen LogP contribution < -0.4 is 5.32 Å². The van der Waals surface area contributed by atoms with Crippen LogP contribution in [-0.4, -0.2) is 25.8 Å². The normalized spacial score (nSPS) is 14.9.